The summed E-state index contributed by atoms with van der Waals surface area (Å²) in [6.45, 7) is 4.83. The van der Waals surface area contributed by atoms with Gasteiger partial charge in [0.2, 0.25) is 5.91 Å². The zero-order valence-corrected chi connectivity index (χ0v) is 10.4. The molecule has 3 heteroatoms. The molecule has 3 nitrogen and oxygen atoms in total. The second kappa shape index (κ2) is 5.89. The molecule has 0 aliphatic heterocycles. The maximum absolute atomic E-state index is 12.2. The Labute approximate surface area is 98.2 Å². The summed E-state index contributed by atoms with van der Waals surface area (Å²) in [4.78, 5) is 12.2. The van der Waals surface area contributed by atoms with Crippen molar-refractivity contribution in [2.24, 2.45) is 11.3 Å². The number of carbonyl (C=O) groups excluding carboxylic acids is 1. The largest absolute Gasteiger partial charge is 0.355 e. The molecular formula is C13H22N2O. The molecular weight excluding hydrogens is 200 g/mol. The minimum atomic E-state index is -0.135. The minimum absolute atomic E-state index is 0.135. The Morgan fingerprint density at radius 2 is 2.06 bits per heavy atom. The van der Waals surface area contributed by atoms with Crippen LogP contribution in [0.1, 0.15) is 52.4 Å². The number of rotatable bonds is 5. The molecule has 0 radical (unpaired) electrons. The van der Waals surface area contributed by atoms with Crippen molar-refractivity contribution in [3.63, 3.8) is 0 Å². The van der Waals surface area contributed by atoms with Gasteiger partial charge in [-0.3, -0.25) is 4.79 Å². The summed E-state index contributed by atoms with van der Waals surface area (Å²) in [6, 6.07) is 2.05. The third kappa shape index (κ3) is 3.23. The molecule has 0 atom stereocenters. The number of hydrogen-bond acceptors (Lipinski definition) is 2. The van der Waals surface area contributed by atoms with E-state index in [1.807, 2.05) is 0 Å². The molecule has 0 spiro atoms. The third-order valence-corrected chi connectivity index (χ3v) is 3.36. The maximum Gasteiger partial charge on any atom is 0.226 e. The van der Waals surface area contributed by atoms with E-state index in [9.17, 15) is 4.79 Å². The molecule has 1 aliphatic rings. The molecule has 1 amide bonds. The van der Waals surface area contributed by atoms with Crippen LogP contribution in [0.3, 0.4) is 0 Å². The lowest BCUT2D eigenvalue weighted by molar-refractivity contribution is -0.131. The topological polar surface area (TPSA) is 52.9 Å². The first-order valence-electron chi connectivity index (χ1n) is 6.26. The highest BCUT2D eigenvalue weighted by Gasteiger charge is 2.40. The summed E-state index contributed by atoms with van der Waals surface area (Å²) in [5.74, 6) is 0.730. The molecule has 1 saturated carbocycles. The summed E-state index contributed by atoms with van der Waals surface area (Å²) < 4.78 is 0. The third-order valence-electron chi connectivity index (χ3n) is 3.36. The summed E-state index contributed by atoms with van der Waals surface area (Å²) in [6.07, 6.45) is 5.75. The van der Waals surface area contributed by atoms with Gasteiger partial charge >= 0.3 is 0 Å². The number of amides is 1. The van der Waals surface area contributed by atoms with Gasteiger partial charge in [0.25, 0.3) is 0 Å². The van der Waals surface area contributed by atoms with Gasteiger partial charge in [0.15, 0.2) is 0 Å². The highest BCUT2D eigenvalue weighted by Crippen LogP contribution is 2.43. The van der Waals surface area contributed by atoms with Crippen LogP contribution in [0.25, 0.3) is 0 Å². The zero-order chi connectivity index (χ0) is 12.0. The molecule has 16 heavy (non-hydrogen) atoms. The first-order chi connectivity index (χ1) is 7.60. The first kappa shape index (κ1) is 13.0. The average molecular weight is 222 g/mol. The van der Waals surface area contributed by atoms with E-state index in [0.29, 0.717) is 18.9 Å². The van der Waals surface area contributed by atoms with Crippen LogP contribution >= 0.6 is 0 Å². The standard InChI is InChI=1S/C13H22N2O/c1-11(2)10-13(6-3-4-7-13)12(16)15-9-5-8-14/h11H,3-7,9-10H2,1-2H3,(H,15,16). The summed E-state index contributed by atoms with van der Waals surface area (Å²) >= 11 is 0. The van der Waals surface area contributed by atoms with E-state index < -0.39 is 0 Å². The van der Waals surface area contributed by atoms with Crippen molar-refractivity contribution in [3.8, 4) is 6.07 Å². The number of nitriles is 1. The Morgan fingerprint density at radius 3 is 2.56 bits per heavy atom. The van der Waals surface area contributed by atoms with Crippen LogP contribution in [0.15, 0.2) is 0 Å². The molecule has 0 bridgehead atoms. The molecule has 0 aromatic carbocycles. The normalized spacial score (nSPS) is 18.4. The van der Waals surface area contributed by atoms with Crippen molar-refractivity contribution >= 4 is 5.91 Å². The molecule has 90 valence electrons. The molecule has 0 heterocycles. The predicted molar refractivity (Wildman–Crippen MR) is 63.6 cm³/mol. The molecule has 1 fully saturated rings. The van der Waals surface area contributed by atoms with Gasteiger partial charge < -0.3 is 5.32 Å². The van der Waals surface area contributed by atoms with Gasteiger partial charge in [-0.05, 0) is 25.2 Å². The Bertz CT molecular complexity index is 272. The Balaban J connectivity index is 2.55. The second-order valence-electron chi connectivity index (χ2n) is 5.25. The summed E-state index contributed by atoms with van der Waals surface area (Å²) in [5, 5.41) is 11.4. The van der Waals surface area contributed by atoms with Crippen LogP contribution in [-0.2, 0) is 4.79 Å². The fraction of sp³-hybridized carbons (Fsp3) is 0.846. The second-order valence-corrected chi connectivity index (χ2v) is 5.25. The number of nitrogens with one attached hydrogen (secondary N) is 1. The van der Waals surface area contributed by atoms with Crippen molar-refractivity contribution in [2.45, 2.75) is 52.4 Å². The fourth-order valence-corrected chi connectivity index (χ4v) is 2.78. The smallest absolute Gasteiger partial charge is 0.226 e. The van der Waals surface area contributed by atoms with E-state index in [4.69, 9.17) is 5.26 Å². The molecule has 1 rings (SSSR count). The Kier molecular flexibility index (Phi) is 4.79. The van der Waals surface area contributed by atoms with Gasteiger partial charge in [0, 0.05) is 12.0 Å². The van der Waals surface area contributed by atoms with E-state index in [-0.39, 0.29) is 11.3 Å². The van der Waals surface area contributed by atoms with E-state index in [1.165, 1.54) is 12.8 Å². The molecule has 0 unspecified atom stereocenters. The van der Waals surface area contributed by atoms with Crippen molar-refractivity contribution < 1.29 is 4.79 Å². The van der Waals surface area contributed by atoms with Gasteiger partial charge in [0.05, 0.1) is 12.5 Å². The molecule has 0 aromatic heterocycles. The van der Waals surface area contributed by atoms with E-state index in [0.717, 1.165) is 19.3 Å². The lowest BCUT2D eigenvalue weighted by Crippen LogP contribution is -2.40. The van der Waals surface area contributed by atoms with Crippen molar-refractivity contribution in [1.82, 2.24) is 5.32 Å². The lowest BCUT2D eigenvalue weighted by Gasteiger charge is -2.29. The van der Waals surface area contributed by atoms with E-state index in [2.05, 4.69) is 25.2 Å². The zero-order valence-electron chi connectivity index (χ0n) is 10.4. The summed E-state index contributed by atoms with van der Waals surface area (Å²) in [7, 11) is 0. The fourth-order valence-electron chi connectivity index (χ4n) is 2.78. The van der Waals surface area contributed by atoms with Crippen LogP contribution in [0.5, 0.6) is 0 Å². The Morgan fingerprint density at radius 1 is 1.44 bits per heavy atom. The van der Waals surface area contributed by atoms with Crippen LogP contribution in [-0.4, -0.2) is 12.5 Å². The van der Waals surface area contributed by atoms with Gasteiger partial charge in [0.1, 0.15) is 0 Å². The molecule has 0 aromatic rings. The predicted octanol–water partition coefficient (Wildman–Crippen LogP) is 2.62. The SMILES string of the molecule is CC(C)CC1(C(=O)NCCC#N)CCCC1. The molecule has 0 saturated heterocycles. The van der Waals surface area contributed by atoms with Crippen molar-refractivity contribution in [3.05, 3.63) is 0 Å². The monoisotopic (exact) mass is 222 g/mol. The van der Waals surface area contributed by atoms with Gasteiger partial charge in [-0.15, -0.1) is 0 Å². The first-order valence-corrected chi connectivity index (χ1v) is 6.26. The van der Waals surface area contributed by atoms with Crippen LogP contribution in [0, 0.1) is 22.7 Å². The summed E-state index contributed by atoms with van der Waals surface area (Å²) in [5.41, 5.74) is -0.135. The lowest BCUT2D eigenvalue weighted by atomic mass is 9.77. The minimum Gasteiger partial charge on any atom is -0.355 e. The van der Waals surface area contributed by atoms with Crippen LogP contribution < -0.4 is 5.32 Å². The van der Waals surface area contributed by atoms with Crippen molar-refractivity contribution in [2.75, 3.05) is 6.54 Å². The molecule has 1 N–H and O–H groups in total. The quantitative estimate of drug-likeness (QED) is 0.727. The highest BCUT2D eigenvalue weighted by atomic mass is 16.2. The molecule has 1 aliphatic carbocycles. The average Bonchev–Trinajstić information content (AvgIpc) is 2.67. The number of hydrogen-bond donors (Lipinski definition) is 1. The van der Waals surface area contributed by atoms with Crippen LogP contribution in [0.2, 0.25) is 0 Å². The van der Waals surface area contributed by atoms with Gasteiger partial charge in [-0.2, -0.15) is 5.26 Å². The number of nitrogens with zero attached hydrogens (tertiary/aromatic N) is 1. The van der Waals surface area contributed by atoms with Crippen molar-refractivity contribution in [1.29, 1.82) is 5.26 Å². The van der Waals surface area contributed by atoms with Gasteiger partial charge in [-0.25, -0.2) is 0 Å². The van der Waals surface area contributed by atoms with E-state index >= 15 is 0 Å². The van der Waals surface area contributed by atoms with Crippen LogP contribution in [0.4, 0.5) is 0 Å². The highest BCUT2D eigenvalue weighted by molar-refractivity contribution is 5.82. The Hall–Kier alpha value is -1.04. The number of carbonyl (C=O) groups is 1. The van der Waals surface area contributed by atoms with E-state index in [1.54, 1.807) is 0 Å². The van der Waals surface area contributed by atoms with Gasteiger partial charge in [-0.1, -0.05) is 26.7 Å². The maximum atomic E-state index is 12.2.